The van der Waals surface area contributed by atoms with Crippen molar-refractivity contribution in [3.05, 3.63) is 65.2 Å². The van der Waals surface area contributed by atoms with Crippen LogP contribution in [0.2, 0.25) is 0 Å². The van der Waals surface area contributed by atoms with Gasteiger partial charge in [0.05, 0.1) is 0 Å². The van der Waals surface area contributed by atoms with E-state index in [0.29, 0.717) is 5.16 Å². The van der Waals surface area contributed by atoms with Crippen LogP contribution in [0.15, 0.2) is 48.5 Å². The van der Waals surface area contributed by atoms with E-state index in [9.17, 15) is 0 Å². The topological polar surface area (TPSA) is 0 Å². The molecule has 0 N–H and O–H groups in total. The summed E-state index contributed by atoms with van der Waals surface area (Å²) in [5.74, 6) is 0. The van der Waals surface area contributed by atoms with E-state index in [1.54, 1.807) is 0 Å². The summed E-state index contributed by atoms with van der Waals surface area (Å²) in [5, 5.41) is 1.86. The van der Waals surface area contributed by atoms with E-state index in [0.717, 1.165) is 0 Å². The standard InChI is InChI=1S/C19H25P/c1-15-11-16(2)13-18(12-15)20(19(3,4)5)14-17-9-7-6-8-10-17/h6-13H,14H2,1-5H3. The molecular weight excluding hydrogens is 259 g/mol. The zero-order chi connectivity index (χ0) is 14.8. The van der Waals surface area contributed by atoms with Gasteiger partial charge in [-0.15, -0.1) is 0 Å². The fourth-order valence-corrected chi connectivity index (χ4v) is 5.31. The van der Waals surface area contributed by atoms with Gasteiger partial charge in [0.2, 0.25) is 0 Å². The second kappa shape index (κ2) is 6.10. The van der Waals surface area contributed by atoms with E-state index in [1.165, 1.54) is 28.2 Å². The number of hydrogen-bond donors (Lipinski definition) is 0. The van der Waals surface area contributed by atoms with Crippen LogP contribution < -0.4 is 5.30 Å². The zero-order valence-electron chi connectivity index (χ0n) is 13.3. The maximum absolute atomic E-state index is 2.38. The third-order valence-electron chi connectivity index (χ3n) is 3.51. The summed E-state index contributed by atoms with van der Waals surface area (Å²) < 4.78 is 0. The van der Waals surface area contributed by atoms with Crippen LogP contribution in [0, 0.1) is 13.8 Å². The van der Waals surface area contributed by atoms with Crippen molar-refractivity contribution in [1.82, 2.24) is 0 Å². The molecule has 0 saturated carbocycles. The van der Waals surface area contributed by atoms with Gasteiger partial charge in [0.1, 0.15) is 0 Å². The van der Waals surface area contributed by atoms with Gasteiger partial charge in [-0.05, 0) is 36.0 Å². The Bertz CT molecular complexity index is 544. The van der Waals surface area contributed by atoms with Crippen LogP contribution in [-0.4, -0.2) is 5.16 Å². The van der Waals surface area contributed by atoms with Crippen molar-refractivity contribution in [3.8, 4) is 0 Å². The first-order valence-corrected chi connectivity index (χ1v) is 8.79. The van der Waals surface area contributed by atoms with Crippen molar-refractivity contribution in [2.24, 2.45) is 0 Å². The monoisotopic (exact) mass is 284 g/mol. The Morgan fingerprint density at radius 2 is 1.40 bits per heavy atom. The predicted octanol–water partition coefficient (Wildman–Crippen LogP) is 5.41. The van der Waals surface area contributed by atoms with Gasteiger partial charge in [-0.1, -0.05) is 88.4 Å². The van der Waals surface area contributed by atoms with Gasteiger partial charge in [0.25, 0.3) is 0 Å². The highest BCUT2D eigenvalue weighted by Gasteiger charge is 2.26. The molecule has 0 aliphatic heterocycles. The summed E-state index contributed by atoms with van der Waals surface area (Å²) in [7, 11) is -0.206. The first-order chi connectivity index (χ1) is 9.36. The molecular formula is C19H25P. The van der Waals surface area contributed by atoms with Crippen LogP contribution in [0.5, 0.6) is 0 Å². The molecule has 2 rings (SSSR count). The van der Waals surface area contributed by atoms with Gasteiger partial charge in [-0.25, -0.2) is 0 Å². The minimum absolute atomic E-state index is 0.206. The fraction of sp³-hybridized carbons (Fsp3) is 0.368. The Morgan fingerprint density at radius 3 is 1.90 bits per heavy atom. The summed E-state index contributed by atoms with van der Waals surface area (Å²) in [5.41, 5.74) is 4.21. The lowest BCUT2D eigenvalue weighted by Gasteiger charge is -2.32. The lowest BCUT2D eigenvalue weighted by atomic mass is 10.2. The molecule has 0 saturated heterocycles. The third kappa shape index (κ3) is 3.93. The Hall–Kier alpha value is -1.13. The van der Waals surface area contributed by atoms with E-state index in [-0.39, 0.29) is 7.92 Å². The summed E-state index contributed by atoms with van der Waals surface area (Å²) in [6.45, 7) is 11.5. The second-order valence-corrected chi connectivity index (χ2v) is 9.62. The van der Waals surface area contributed by atoms with Gasteiger partial charge in [0, 0.05) is 0 Å². The number of benzene rings is 2. The minimum Gasteiger partial charge on any atom is -0.0653 e. The molecule has 106 valence electrons. The Labute approximate surface area is 125 Å². The molecule has 0 fully saturated rings. The van der Waals surface area contributed by atoms with Crippen molar-refractivity contribution < 1.29 is 0 Å². The molecule has 0 spiro atoms. The summed E-state index contributed by atoms with van der Waals surface area (Å²) in [6.07, 6.45) is 1.17. The van der Waals surface area contributed by atoms with Crippen LogP contribution in [-0.2, 0) is 6.16 Å². The minimum atomic E-state index is -0.206. The van der Waals surface area contributed by atoms with E-state index in [4.69, 9.17) is 0 Å². The zero-order valence-corrected chi connectivity index (χ0v) is 14.2. The lowest BCUT2D eigenvalue weighted by Crippen LogP contribution is -2.21. The van der Waals surface area contributed by atoms with Crippen molar-refractivity contribution >= 4 is 13.2 Å². The molecule has 1 unspecified atom stereocenters. The number of hydrogen-bond acceptors (Lipinski definition) is 0. The molecule has 0 nitrogen and oxygen atoms in total. The van der Waals surface area contributed by atoms with Crippen molar-refractivity contribution in [3.63, 3.8) is 0 Å². The van der Waals surface area contributed by atoms with Gasteiger partial charge >= 0.3 is 0 Å². The van der Waals surface area contributed by atoms with Crippen molar-refractivity contribution in [2.75, 3.05) is 0 Å². The highest BCUT2D eigenvalue weighted by atomic mass is 31.1. The first-order valence-electron chi connectivity index (χ1n) is 7.26. The van der Waals surface area contributed by atoms with Gasteiger partial charge < -0.3 is 0 Å². The average molecular weight is 284 g/mol. The van der Waals surface area contributed by atoms with Crippen molar-refractivity contribution in [1.29, 1.82) is 0 Å². The second-order valence-electron chi connectivity index (χ2n) is 6.59. The Kier molecular flexibility index (Phi) is 4.66. The fourth-order valence-electron chi connectivity index (χ4n) is 2.59. The normalized spacial score (nSPS) is 13.2. The largest absolute Gasteiger partial charge is 0.0653 e. The molecule has 0 bridgehead atoms. The van der Waals surface area contributed by atoms with Crippen LogP contribution in [0.4, 0.5) is 0 Å². The smallest absolute Gasteiger partial charge is 0.00281 e. The number of aryl methyl sites for hydroxylation is 2. The SMILES string of the molecule is Cc1cc(C)cc(P(Cc2ccccc2)C(C)(C)C)c1. The summed E-state index contributed by atoms with van der Waals surface area (Å²) in [4.78, 5) is 0. The number of rotatable bonds is 3. The molecule has 20 heavy (non-hydrogen) atoms. The molecule has 1 atom stereocenters. The van der Waals surface area contributed by atoms with Gasteiger partial charge in [-0.2, -0.15) is 0 Å². The van der Waals surface area contributed by atoms with Crippen LogP contribution in [0.25, 0.3) is 0 Å². The summed E-state index contributed by atoms with van der Waals surface area (Å²) >= 11 is 0. The Morgan fingerprint density at radius 1 is 0.850 bits per heavy atom. The lowest BCUT2D eigenvalue weighted by molar-refractivity contribution is 0.785. The molecule has 0 aromatic heterocycles. The first kappa shape index (κ1) is 15.3. The molecule has 0 radical (unpaired) electrons. The molecule has 2 aromatic carbocycles. The van der Waals surface area contributed by atoms with Crippen molar-refractivity contribution in [2.45, 2.75) is 45.9 Å². The molecule has 1 heteroatoms. The maximum Gasteiger partial charge on any atom is -0.00281 e. The quantitative estimate of drug-likeness (QED) is 0.661. The van der Waals surface area contributed by atoms with Gasteiger partial charge in [-0.3, -0.25) is 0 Å². The molecule has 2 aromatic rings. The third-order valence-corrected chi connectivity index (χ3v) is 6.69. The predicted molar refractivity (Wildman–Crippen MR) is 92.4 cm³/mol. The highest BCUT2D eigenvalue weighted by Crippen LogP contribution is 2.51. The Balaban J connectivity index is 2.38. The van der Waals surface area contributed by atoms with Crippen LogP contribution in [0.1, 0.15) is 37.5 Å². The van der Waals surface area contributed by atoms with Gasteiger partial charge in [0.15, 0.2) is 0 Å². The highest BCUT2D eigenvalue weighted by molar-refractivity contribution is 7.66. The maximum atomic E-state index is 2.38. The van der Waals surface area contributed by atoms with E-state index in [2.05, 4.69) is 83.1 Å². The van der Waals surface area contributed by atoms with E-state index >= 15 is 0 Å². The molecule has 0 aliphatic carbocycles. The molecule has 0 aliphatic rings. The molecule has 0 heterocycles. The summed E-state index contributed by atoms with van der Waals surface area (Å²) in [6, 6.07) is 17.9. The van der Waals surface area contributed by atoms with Crippen LogP contribution in [0.3, 0.4) is 0 Å². The van der Waals surface area contributed by atoms with E-state index < -0.39 is 0 Å². The average Bonchev–Trinajstić information content (AvgIpc) is 2.34. The molecule has 0 amide bonds. The van der Waals surface area contributed by atoms with E-state index in [1.807, 2.05) is 0 Å². The van der Waals surface area contributed by atoms with Crippen LogP contribution >= 0.6 is 7.92 Å².